The van der Waals surface area contributed by atoms with Gasteiger partial charge in [0.05, 0.1) is 0 Å². The molecule has 8 rings (SSSR count). The SMILES string of the molecule is Oc1c(-c2ccccc2)cccc1C(c1cccc(-c2ccccc2)c1O)C(c1cccc(-c2ccccc2)c1O)c1cccc(-c2ccccc2)c1O. The van der Waals surface area contributed by atoms with Gasteiger partial charge in [-0.1, -0.05) is 194 Å². The molecule has 0 aliphatic carbocycles. The first-order chi connectivity index (χ1) is 26.5. The van der Waals surface area contributed by atoms with Crippen molar-refractivity contribution in [2.24, 2.45) is 0 Å². The van der Waals surface area contributed by atoms with Crippen LogP contribution in [-0.2, 0) is 0 Å². The topological polar surface area (TPSA) is 80.9 Å². The Morgan fingerprint density at radius 3 is 0.630 bits per heavy atom. The van der Waals surface area contributed by atoms with Crippen molar-refractivity contribution in [1.82, 2.24) is 0 Å². The van der Waals surface area contributed by atoms with Gasteiger partial charge in [-0.3, -0.25) is 0 Å². The molecule has 4 N–H and O–H groups in total. The summed E-state index contributed by atoms with van der Waals surface area (Å²) in [7, 11) is 0. The van der Waals surface area contributed by atoms with Gasteiger partial charge in [-0.05, 0) is 22.3 Å². The molecule has 0 aliphatic rings. The van der Waals surface area contributed by atoms with Crippen molar-refractivity contribution >= 4 is 0 Å². The highest BCUT2D eigenvalue weighted by Crippen LogP contribution is 2.55. The monoisotopic (exact) mass is 702 g/mol. The molecule has 0 aliphatic heterocycles. The van der Waals surface area contributed by atoms with E-state index < -0.39 is 11.8 Å². The molecule has 0 atom stereocenters. The summed E-state index contributed by atoms with van der Waals surface area (Å²) in [6.07, 6.45) is 0. The maximum absolute atomic E-state index is 12.4. The summed E-state index contributed by atoms with van der Waals surface area (Å²) < 4.78 is 0. The van der Waals surface area contributed by atoms with E-state index in [1.165, 1.54) is 0 Å². The Morgan fingerprint density at radius 2 is 0.426 bits per heavy atom. The van der Waals surface area contributed by atoms with Crippen molar-refractivity contribution in [3.8, 4) is 67.5 Å². The molecular formula is C50H38O4. The first-order valence-electron chi connectivity index (χ1n) is 18.0. The smallest absolute Gasteiger partial charge is 0.127 e. The minimum Gasteiger partial charge on any atom is -0.507 e. The van der Waals surface area contributed by atoms with Crippen LogP contribution in [0.3, 0.4) is 0 Å². The summed E-state index contributed by atoms with van der Waals surface area (Å²) in [5.74, 6) is -1.46. The lowest BCUT2D eigenvalue weighted by Crippen LogP contribution is -2.16. The highest BCUT2D eigenvalue weighted by molar-refractivity contribution is 5.79. The van der Waals surface area contributed by atoms with Crippen LogP contribution < -0.4 is 0 Å². The lowest BCUT2D eigenvalue weighted by molar-refractivity contribution is 0.434. The predicted molar refractivity (Wildman–Crippen MR) is 218 cm³/mol. The molecule has 262 valence electrons. The Morgan fingerprint density at radius 1 is 0.222 bits per heavy atom. The molecule has 0 heterocycles. The molecule has 0 amide bonds. The van der Waals surface area contributed by atoms with Crippen molar-refractivity contribution in [3.05, 3.63) is 216 Å². The van der Waals surface area contributed by atoms with Gasteiger partial charge in [0.2, 0.25) is 0 Å². The van der Waals surface area contributed by atoms with E-state index in [1.807, 2.05) is 194 Å². The van der Waals surface area contributed by atoms with E-state index in [1.54, 1.807) is 0 Å². The zero-order chi connectivity index (χ0) is 37.0. The number of hydrogen-bond donors (Lipinski definition) is 4. The molecule has 0 saturated carbocycles. The Balaban J connectivity index is 1.47. The molecule has 8 aromatic carbocycles. The van der Waals surface area contributed by atoms with Gasteiger partial charge in [0.15, 0.2) is 0 Å². The predicted octanol–water partition coefficient (Wildman–Crippen LogP) is 12.1. The Kier molecular flexibility index (Phi) is 9.40. The minimum absolute atomic E-state index is 0.0422. The maximum atomic E-state index is 12.4. The van der Waals surface area contributed by atoms with Gasteiger partial charge in [-0.2, -0.15) is 0 Å². The number of benzene rings is 8. The van der Waals surface area contributed by atoms with Crippen molar-refractivity contribution in [3.63, 3.8) is 0 Å². The second-order valence-electron chi connectivity index (χ2n) is 13.4. The van der Waals surface area contributed by atoms with Gasteiger partial charge >= 0.3 is 0 Å². The van der Waals surface area contributed by atoms with Crippen LogP contribution in [-0.4, -0.2) is 20.4 Å². The fourth-order valence-corrected chi connectivity index (χ4v) is 7.71. The fraction of sp³-hybridized carbons (Fsp3) is 0.0400. The van der Waals surface area contributed by atoms with E-state index >= 15 is 0 Å². The van der Waals surface area contributed by atoms with Crippen LogP contribution in [0.4, 0.5) is 0 Å². The van der Waals surface area contributed by atoms with Crippen LogP contribution in [0, 0.1) is 0 Å². The van der Waals surface area contributed by atoms with Gasteiger partial charge in [-0.25, -0.2) is 0 Å². The van der Waals surface area contributed by atoms with Gasteiger partial charge < -0.3 is 20.4 Å². The van der Waals surface area contributed by atoms with Crippen molar-refractivity contribution in [2.45, 2.75) is 11.8 Å². The molecule has 0 spiro atoms. The maximum Gasteiger partial charge on any atom is 0.127 e. The van der Waals surface area contributed by atoms with E-state index in [-0.39, 0.29) is 23.0 Å². The van der Waals surface area contributed by atoms with Gasteiger partial charge in [0, 0.05) is 56.3 Å². The largest absolute Gasteiger partial charge is 0.507 e. The molecule has 0 radical (unpaired) electrons. The van der Waals surface area contributed by atoms with Crippen LogP contribution >= 0.6 is 0 Å². The number of hydrogen-bond acceptors (Lipinski definition) is 4. The van der Waals surface area contributed by atoms with Gasteiger partial charge in [0.1, 0.15) is 23.0 Å². The summed E-state index contributed by atoms with van der Waals surface area (Å²) in [6.45, 7) is 0. The molecule has 8 aromatic rings. The average Bonchev–Trinajstić information content (AvgIpc) is 3.22. The molecule has 0 unspecified atom stereocenters. The molecule has 4 nitrogen and oxygen atoms in total. The third-order valence-electron chi connectivity index (χ3n) is 10.3. The zero-order valence-corrected chi connectivity index (χ0v) is 29.4. The summed E-state index contributed by atoms with van der Waals surface area (Å²) in [5.41, 5.74) is 7.92. The third kappa shape index (κ3) is 6.35. The highest BCUT2D eigenvalue weighted by Gasteiger charge is 2.37. The number of aromatic hydroxyl groups is 4. The summed E-state index contributed by atoms with van der Waals surface area (Å²) in [5, 5.41) is 49.6. The Bertz CT molecular complexity index is 2170. The van der Waals surface area contributed by atoms with Crippen molar-refractivity contribution in [1.29, 1.82) is 0 Å². The molecule has 54 heavy (non-hydrogen) atoms. The fourth-order valence-electron chi connectivity index (χ4n) is 7.71. The lowest BCUT2D eigenvalue weighted by atomic mass is 9.71. The number of phenolic OH excluding ortho intramolecular Hbond substituents is 4. The molecule has 0 aromatic heterocycles. The lowest BCUT2D eigenvalue weighted by Gasteiger charge is -2.32. The van der Waals surface area contributed by atoms with Crippen LogP contribution in [0.2, 0.25) is 0 Å². The Labute approximate surface area is 315 Å². The standard InChI is InChI=1S/C50H38O4/c51-47-37(33-17-5-1-6-18-33)25-13-29-41(47)45(42-30-14-26-38(48(42)52)34-19-7-2-8-20-34)46(43-31-15-27-39(49(43)53)35-21-9-3-10-22-35)44-32-16-28-40(50(44)54)36-23-11-4-12-24-36/h1-32,45-46,51-54H. The summed E-state index contributed by atoms with van der Waals surface area (Å²) in [4.78, 5) is 0. The number of para-hydroxylation sites is 4. The number of rotatable bonds is 9. The first-order valence-corrected chi connectivity index (χ1v) is 18.0. The quantitative estimate of drug-likeness (QED) is 0.121. The molecule has 4 heteroatoms. The van der Waals surface area contributed by atoms with Crippen LogP contribution in [0.15, 0.2) is 194 Å². The molecular weight excluding hydrogens is 665 g/mol. The molecule has 0 saturated heterocycles. The highest BCUT2D eigenvalue weighted by atomic mass is 16.3. The average molecular weight is 703 g/mol. The van der Waals surface area contributed by atoms with Crippen LogP contribution in [0.5, 0.6) is 23.0 Å². The van der Waals surface area contributed by atoms with Gasteiger partial charge in [0.25, 0.3) is 0 Å². The zero-order valence-electron chi connectivity index (χ0n) is 29.4. The molecule has 0 bridgehead atoms. The second-order valence-corrected chi connectivity index (χ2v) is 13.4. The van der Waals surface area contributed by atoms with E-state index in [2.05, 4.69) is 0 Å². The van der Waals surface area contributed by atoms with E-state index in [0.717, 1.165) is 22.3 Å². The molecule has 0 fully saturated rings. The minimum atomic E-state index is -0.814. The van der Waals surface area contributed by atoms with E-state index in [4.69, 9.17) is 0 Å². The van der Waals surface area contributed by atoms with Gasteiger partial charge in [-0.15, -0.1) is 0 Å². The third-order valence-corrected chi connectivity index (χ3v) is 10.3. The van der Waals surface area contributed by atoms with E-state index in [0.29, 0.717) is 44.5 Å². The normalized spacial score (nSPS) is 11.2. The summed E-state index contributed by atoms with van der Waals surface area (Å²) >= 11 is 0. The Hall–Kier alpha value is -7.04. The van der Waals surface area contributed by atoms with Crippen LogP contribution in [0.25, 0.3) is 44.5 Å². The summed E-state index contributed by atoms with van der Waals surface area (Å²) in [6, 6.07) is 61.3. The number of phenols is 4. The van der Waals surface area contributed by atoms with Crippen LogP contribution in [0.1, 0.15) is 34.1 Å². The first kappa shape index (κ1) is 34.1. The van der Waals surface area contributed by atoms with E-state index in [9.17, 15) is 20.4 Å². The second kappa shape index (κ2) is 14.9. The van der Waals surface area contributed by atoms with Crippen molar-refractivity contribution < 1.29 is 20.4 Å². The van der Waals surface area contributed by atoms with Crippen molar-refractivity contribution in [2.75, 3.05) is 0 Å².